The molecule has 0 heterocycles. The molecule has 0 atom stereocenters. The molecule has 0 spiro atoms. The van der Waals surface area contributed by atoms with Crippen LogP contribution in [0.3, 0.4) is 0 Å². The van der Waals surface area contributed by atoms with Crippen LogP contribution >= 0.6 is 11.8 Å². The molecule has 0 amide bonds. The minimum Gasteiger partial charge on any atom is -0.409 e. The van der Waals surface area contributed by atoms with Crippen LogP contribution in [-0.4, -0.2) is 16.3 Å². The van der Waals surface area contributed by atoms with Crippen molar-refractivity contribution in [3.8, 4) is 0 Å². The van der Waals surface area contributed by atoms with Crippen molar-refractivity contribution in [2.24, 2.45) is 10.9 Å². The second-order valence-corrected chi connectivity index (χ2v) is 5.77. The molecule has 3 nitrogen and oxygen atoms in total. The van der Waals surface area contributed by atoms with Gasteiger partial charge in [-0.25, -0.2) is 4.39 Å². The Balaban J connectivity index is 2.08. The second-order valence-electron chi connectivity index (χ2n) is 4.48. The summed E-state index contributed by atoms with van der Waals surface area (Å²) in [5.74, 6) is 0.0850. The third-order valence-corrected chi connectivity index (χ3v) is 4.66. The first-order valence-electron chi connectivity index (χ1n) is 6.09. The van der Waals surface area contributed by atoms with Crippen molar-refractivity contribution in [3.63, 3.8) is 0 Å². The Hall–Kier alpha value is -1.23. The van der Waals surface area contributed by atoms with E-state index in [2.05, 4.69) is 5.16 Å². The third-order valence-electron chi connectivity index (χ3n) is 3.24. The van der Waals surface area contributed by atoms with Crippen LogP contribution in [0.2, 0.25) is 0 Å². The molecular formula is C13H17FN2OS. The van der Waals surface area contributed by atoms with Gasteiger partial charge in [0.25, 0.3) is 0 Å². The van der Waals surface area contributed by atoms with Gasteiger partial charge in [0.05, 0.1) is 5.56 Å². The van der Waals surface area contributed by atoms with Gasteiger partial charge in [0.15, 0.2) is 5.84 Å². The van der Waals surface area contributed by atoms with E-state index in [9.17, 15) is 4.39 Å². The molecule has 1 aliphatic rings. The highest BCUT2D eigenvalue weighted by Gasteiger charge is 2.17. The van der Waals surface area contributed by atoms with E-state index in [4.69, 9.17) is 10.9 Å². The van der Waals surface area contributed by atoms with Gasteiger partial charge in [-0.15, -0.1) is 0 Å². The van der Waals surface area contributed by atoms with Gasteiger partial charge in [-0.2, -0.15) is 11.8 Å². The largest absolute Gasteiger partial charge is 0.409 e. The van der Waals surface area contributed by atoms with E-state index in [0.29, 0.717) is 16.6 Å². The molecular weight excluding hydrogens is 251 g/mol. The van der Waals surface area contributed by atoms with Crippen LogP contribution < -0.4 is 5.73 Å². The summed E-state index contributed by atoms with van der Waals surface area (Å²) >= 11 is 1.80. The monoisotopic (exact) mass is 268 g/mol. The van der Waals surface area contributed by atoms with E-state index in [-0.39, 0.29) is 17.2 Å². The van der Waals surface area contributed by atoms with Crippen molar-refractivity contribution in [3.05, 3.63) is 35.1 Å². The average molecular weight is 268 g/mol. The maximum atomic E-state index is 14.1. The highest BCUT2D eigenvalue weighted by molar-refractivity contribution is 7.99. The van der Waals surface area contributed by atoms with Crippen molar-refractivity contribution in [2.45, 2.75) is 36.7 Å². The molecule has 3 N–H and O–H groups in total. The highest BCUT2D eigenvalue weighted by atomic mass is 32.2. The number of thioether (sulfide) groups is 1. The first-order chi connectivity index (χ1) is 8.72. The van der Waals surface area contributed by atoms with Gasteiger partial charge in [-0.1, -0.05) is 30.1 Å². The van der Waals surface area contributed by atoms with E-state index in [1.165, 1.54) is 31.7 Å². The molecule has 1 aliphatic carbocycles. The molecule has 0 bridgehead atoms. The van der Waals surface area contributed by atoms with Crippen LogP contribution in [0.15, 0.2) is 23.4 Å². The molecule has 0 saturated heterocycles. The van der Waals surface area contributed by atoms with E-state index in [0.717, 1.165) is 0 Å². The zero-order valence-corrected chi connectivity index (χ0v) is 10.9. The predicted molar refractivity (Wildman–Crippen MR) is 72.5 cm³/mol. The molecule has 0 unspecified atom stereocenters. The number of benzene rings is 1. The standard InChI is InChI=1S/C13H17FN2OS/c14-12-9(8-18-10-5-1-2-6-10)4-3-7-11(12)13(15)16-17/h3-4,7,10,17H,1-2,5-6,8H2,(H2,15,16). The average Bonchev–Trinajstić information content (AvgIpc) is 2.90. The predicted octanol–water partition coefficient (Wildman–Crippen LogP) is 3.10. The molecule has 1 fully saturated rings. The maximum Gasteiger partial charge on any atom is 0.173 e. The van der Waals surface area contributed by atoms with Crippen LogP contribution in [-0.2, 0) is 5.75 Å². The lowest BCUT2D eigenvalue weighted by Crippen LogP contribution is -2.16. The number of oxime groups is 1. The van der Waals surface area contributed by atoms with Crippen LogP contribution in [0.1, 0.15) is 36.8 Å². The first-order valence-corrected chi connectivity index (χ1v) is 7.14. The van der Waals surface area contributed by atoms with Crippen molar-refractivity contribution >= 4 is 17.6 Å². The van der Waals surface area contributed by atoms with E-state index >= 15 is 0 Å². The van der Waals surface area contributed by atoms with Gasteiger partial charge < -0.3 is 10.9 Å². The summed E-state index contributed by atoms with van der Waals surface area (Å²) in [6.45, 7) is 0. The van der Waals surface area contributed by atoms with E-state index in [1.54, 1.807) is 23.9 Å². The summed E-state index contributed by atoms with van der Waals surface area (Å²) in [5, 5.41) is 12.1. The molecule has 1 aromatic rings. The summed E-state index contributed by atoms with van der Waals surface area (Å²) in [6, 6.07) is 5.01. The first kappa shape index (κ1) is 13.2. The zero-order chi connectivity index (χ0) is 13.0. The minimum absolute atomic E-state index is 0.169. The fourth-order valence-electron chi connectivity index (χ4n) is 2.21. The normalized spacial score (nSPS) is 17.3. The minimum atomic E-state index is -0.377. The molecule has 2 rings (SSSR count). The fraction of sp³-hybridized carbons (Fsp3) is 0.462. The molecule has 98 valence electrons. The zero-order valence-electron chi connectivity index (χ0n) is 10.1. The number of nitrogens with zero attached hydrogens (tertiary/aromatic N) is 1. The Morgan fingerprint density at radius 1 is 1.44 bits per heavy atom. The second kappa shape index (κ2) is 6.09. The molecule has 0 aromatic heterocycles. The van der Waals surface area contributed by atoms with Gasteiger partial charge in [0.2, 0.25) is 0 Å². The van der Waals surface area contributed by atoms with Crippen LogP contribution in [0.4, 0.5) is 4.39 Å². The van der Waals surface area contributed by atoms with E-state index < -0.39 is 0 Å². The number of hydrogen-bond acceptors (Lipinski definition) is 3. The molecule has 5 heteroatoms. The third kappa shape index (κ3) is 2.96. The summed E-state index contributed by atoms with van der Waals surface area (Å²) in [5.41, 5.74) is 6.23. The van der Waals surface area contributed by atoms with Crippen molar-refractivity contribution in [2.75, 3.05) is 0 Å². The molecule has 18 heavy (non-hydrogen) atoms. The Labute approximate surface area is 110 Å². The lowest BCUT2D eigenvalue weighted by Gasteiger charge is -2.10. The van der Waals surface area contributed by atoms with Gasteiger partial charge in [-0.3, -0.25) is 0 Å². The molecule has 1 saturated carbocycles. The van der Waals surface area contributed by atoms with Crippen molar-refractivity contribution < 1.29 is 9.60 Å². The Morgan fingerprint density at radius 3 is 2.83 bits per heavy atom. The highest BCUT2D eigenvalue weighted by Crippen LogP contribution is 2.32. The van der Waals surface area contributed by atoms with Crippen molar-refractivity contribution in [1.29, 1.82) is 0 Å². The van der Waals surface area contributed by atoms with Crippen LogP contribution in [0.25, 0.3) is 0 Å². The molecule has 0 radical (unpaired) electrons. The summed E-state index contributed by atoms with van der Waals surface area (Å²) in [6.07, 6.45) is 5.02. The number of rotatable bonds is 4. The lowest BCUT2D eigenvalue weighted by molar-refractivity contribution is 0.318. The maximum absolute atomic E-state index is 14.1. The van der Waals surface area contributed by atoms with Gasteiger partial charge in [0.1, 0.15) is 5.82 Å². The molecule has 0 aliphatic heterocycles. The Kier molecular flexibility index (Phi) is 4.47. The smallest absolute Gasteiger partial charge is 0.173 e. The lowest BCUT2D eigenvalue weighted by atomic mass is 10.1. The van der Waals surface area contributed by atoms with E-state index in [1.807, 2.05) is 0 Å². The van der Waals surface area contributed by atoms with Crippen LogP contribution in [0.5, 0.6) is 0 Å². The number of nitrogens with two attached hydrogens (primary N) is 1. The quantitative estimate of drug-likeness (QED) is 0.382. The number of hydrogen-bond donors (Lipinski definition) is 2. The summed E-state index contributed by atoms with van der Waals surface area (Å²) < 4.78 is 14.1. The van der Waals surface area contributed by atoms with Gasteiger partial charge >= 0.3 is 0 Å². The fourth-order valence-corrected chi connectivity index (χ4v) is 3.51. The number of halogens is 1. The Morgan fingerprint density at radius 2 is 2.17 bits per heavy atom. The summed E-state index contributed by atoms with van der Waals surface area (Å²) in [7, 11) is 0. The van der Waals surface area contributed by atoms with Gasteiger partial charge in [-0.05, 0) is 24.5 Å². The molecule has 1 aromatic carbocycles. The topological polar surface area (TPSA) is 58.6 Å². The number of amidine groups is 1. The van der Waals surface area contributed by atoms with Gasteiger partial charge in [0, 0.05) is 11.0 Å². The van der Waals surface area contributed by atoms with Crippen LogP contribution in [0, 0.1) is 5.82 Å². The van der Waals surface area contributed by atoms with Crippen molar-refractivity contribution in [1.82, 2.24) is 0 Å². The Bertz CT molecular complexity index is 445. The SMILES string of the molecule is N/C(=N/O)c1cccc(CSC2CCCC2)c1F. The summed E-state index contributed by atoms with van der Waals surface area (Å²) in [4.78, 5) is 0.